The second-order valence-corrected chi connectivity index (χ2v) is 9.71. The number of hydrogen-bond acceptors (Lipinski definition) is 5. The zero-order valence-corrected chi connectivity index (χ0v) is 19.0. The fraction of sp³-hybridized carbons (Fsp3) is 0.333. The molecule has 2 aromatic carbocycles. The van der Waals surface area contributed by atoms with Crippen molar-refractivity contribution in [2.24, 2.45) is 5.92 Å². The number of rotatable bonds is 6. The first-order valence-corrected chi connectivity index (χ1v) is 11.7. The lowest BCUT2D eigenvalue weighted by atomic mass is 9.81. The van der Waals surface area contributed by atoms with Gasteiger partial charge in [0.15, 0.2) is 11.6 Å². The van der Waals surface area contributed by atoms with Gasteiger partial charge in [0.05, 0.1) is 6.61 Å². The average molecular weight is 503 g/mol. The zero-order chi connectivity index (χ0) is 24.3. The summed E-state index contributed by atoms with van der Waals surface area (Å²) in [7, 11) is -4.58. The van der Waals surface area contributed by atoms with E-state index in [-0.39, 0.29) is 25.0 Å². The summed E-state index contributed by atoms with van der Waals surface area (Å²) in [6.07, 6.45) is -0.605. The van der Waals surface area contributed by atoms with E-state index in [4.69, 9.17) is 16.3 Å². The van der Waals surface area contributed by atoms with Gasteiger partial charge in [-0.15, -0.1) is 0 Å². The molecule has 2 N–H and O–H groups in total. The SMILES string of the molecule is CC(=O)NS(=O)(=O)c1cc(F)c(OC[C@H]2CN(C(=O)O)CC[C@@H]2c2ccc(Cl)cc2)cc1F. The molecule has 0 saturated carbocycles. The Morgan fingerprint density at radius 1 is 1.21 bits per heavy atom. The molecule has 0 aliphatic carbocycles. The van der Waals surface area contributed by atoms with Crippen LogP contribution in [-0.4, -0.2) is 50.1 Å². The molecular weight excluding hydrogens is 482 g/mol. The van der Waals surface area contributed by atoms with Gasteiger partial charge in [0.2, 0.25) is 5.91 Å². The van der Waals surface area contributed by atoms with E-state index in [1.807, 2.05) is 12.1 Å². The van der Waals surface area contributed by atoms with Gasteiger partial charge in [-0.05, 0) is 30.0 Å². The zero-order valence-electron chi connectivity index (χ0n) is 17.4. The van der Waals surface area contributed by atoms with Crippen molar-refractivity contribution in [3.05, 3.63) is 58.6 Å². The number of piperidine rings is 1. The number of carbonyl (C=O) groups is 2. The third-order valence-electron chi connectivity index (χ3n) is 5.31. The summed E-state index contributed by atoms with van der Waals surface area (Å²) in [6, 6.07) is 8.07. The molecule has 178 valence electrons. The highest BCUT2D eigenvalue weighted by molar-refractivity contribution is 7.90. The quantitative estimate of drug-likeness (QED) is 0.624. The molecule has 1 aliphatic heterocycles. The Morgan fingerprint density at radius 3 is 2.48 bits per heavy atom. The van der Waals surface area contributed by atoms with Crippen LogP contribution in [0, 0.1) is 17.6 Å². The highest BCUT2D eigenvalue weighted by Gasteiger charge is 2.33. The van der Waals surface area contributed by atoms with E-state index in [0.717, 1.165) is 12.5 Å². The first-order valence-electron chi connectivity index (χ1n) is 9.86. The number of ether oxygens (including phenoxy) is 1. The Bertz CT molecular complexity index is 1160. The summed E-state index contributed by atoms with van der Waals surface area (Å²) in [5, 5.41) is 9.90. The molecule has 33 heavy (non-hydrogen) atoms. The summed E-state index contributed by atoms with van der Waals surface area (Å²) in [5.74, 6) is -4.44. The van der Waals surface area contributed by atoms with Crippen LogP contribution in [0.2, 0.25) is 5.02 Å². The van der Waals surface area contributed by atoms with Gasteiger partial charge in [-0.3, -0.25) is 4.79 Å². The Hall–Kier alpha value is -2.92. The van der Waals surface area contributed by atoms with Crippen LogP contribution in [0.15, 0.2) is 41.3 Å². The number of sulfonamides is 1. The summed E-state index contributed by atoms with van der Waals surface area (Å²) in [6.45, 7) is 1.19. The lowest BCUT2D eigenvalue weighted by Crippen LogP contribution is -2.44. The molecule has 0 radical (unpaired) electrons. The molecule has 0 bridgehead atoms. The van der Waals surface area contributed by atoms with Crippen LogP contribution in [0.4, 0.5) is 13.6 Å². The van der Waals surface area contributed by atoms with E-state index in [1.54, 1.807) is 16.9 Å². The Balaban J connectivity index is 1.82. The minimum Gasteiger partial charge on any atom is -0.490 e. The normalized spacial score (nSPS) is 18.6. The first kappa shape index (κ1) is 24.7. The Morgan fingerprint density at radius 2 is 1.88 bits per heavy atom. The number of carboxylic acid groups (broad SMARTS) is 1. The number of hydrogen-bond donors (Lipinski definition) is 2. The van der Waals surface area contributed by atoms with Gasteiger partial charge in [-0.1, -0.05) is 23.7 Å². The highest BCUT2D eigenvalue weighted by atomic mass is 35.5. The van der Waals surface area contributed by atoms with Crippen molar-refractivity contribution in [2.75, 3.05) is 19.7 Å². The van der Waals surface area contributed by atoms with Gasteiger partial charge in [-0.2, -0.15) is 0 Å². The molecule has 12 heteroatoms. The predicted molar refractivity (Wildman–Crippen MR) is 115 cm³/mol. The number of halogens is 3. The molecule has 1 fully saturated rings. The second-order valence-electron chi connectivity index (χ2n) is 7.62. The predicted octanol–water partition coefficient (Wildman–Crippen LogP) is 3.61. The average Bonchev–Trinajstić information content (AvgIpc) is 2.73. The van der Waals surface area contributed by atoms with Crippen LogP contribution in [0.1, 0.15) is 24.8 Å². The minimum absolute atomic E-state index is 0.113. The summed E-state index contributed by atoms with van der Waals surface area (Å²) in [5.41, 5.74) is 0.904. The van der Waals surface area contributed by atoms with E-state index < -0.39 is 44.3 Å². The molecule has 2 atom stereocenters. The fourth-order valence-electron chi connectivity index (χ4n) is 3.79. The molecule has 8 nitrogen and oxygen atoms in total. The molecule has 0 spiro atoms. The van der Waals surface area contributed by atoms with E-state index in [2.05, 4.69) is 0 Å². The number of nitrogens with zero attached hydrogens (tertiary/aromatic N) is 1. The lowest BCUT2D eigenvalue weighted by Gasteiger charge is -2.37. The van der Waals surface area contributed by atoms with Gasteiger partial charge in [0, 0.05) is 43.1 Å². The van der Waals surface area contributed by atoms with Crippen molar-refractivity contribution >= 4 is 33.6 Å². The van der Waals surface area contributed by atoms with E-state index in [1.165, 1.54) is 4.90 Å². The van der Waals surface area contributed by atoms with Crippen molar-refractivity contribution in [3.8, 4) is 5.75 Å². The topological polar surface area (TPSA) is 113 Å². The van der Waals surface area contributed by atoms with Gasteiger partial charge < -0.3 is 14.7 Å². The molecule has 1 heterocycles. The van der Waals surface area contributed by atoms with Crippen molar-refractivity contribution in [1.29, 1.82) is 0 Å². The van der Waals surface area contributed by atoms with Crippen LogP contribution >= 0.6 is 11.6 Å². The van der Waals surface area contributed by atoms with Crippen LogP contribution in [0.3, 0.4) is 0 Å². The monoisotopic (exact) mass is 502 g/mol. The maximum Gasteiger partial charge on any atom is 0.407 e. The van der Waals surface area contributed by atoms with E-state index in [0.29, 0.717) is 30.1 Å². The Labute approximate surface area is 194 Å². The largest absolute Gasteiger partial charge is 0.490 e. The number of benzene rings is 2. The third-order valence-corrected chi connectivity index (χ3v) is 7.01. The van der Waals surface area contributed by atoms with Crippen LogP contribution in [-0.2, 0) is 14.8 Å². The van der Waals surface area contributed by atoms with Crippen molar-refractivity contribution in [3.63, 3.8) is 0 Å². The number of likely N-dealkylation sites (tertiary alicyclic amines) is 1. The molecular formula is C21H21ClF2N2O6S. The molecule has 3 rings (SSSR count). The molecule has 0 unspecified atom stereocenters. The lowest BCUT2D eigenvalue weighted by molar-refractivity contribution is -0.117. The van der Waals surface area contributed by atoms with Crippen LogP contribution < -0.4 is 9.46 Å². The molecule has 2 aromatic rings. The van der Waals surface area contributed by atoms with Crippen molar-refractivity contribution < 1.29 is 36.6 Å². The van der Waals surface area contributed by atoms with E-state index in [9.17, 15) is 31.9 Å². The maximum absolute atomic E-state index is 14.5. The van der Waals surface area contributed by atoms with Crippen molar-refractivity contribution in [2.45, 2.75) is 24.2 Å². The third kappa shape index (κ3) is 5.91. The number of amides is 2. The van der Waals surface area contributed by atoms with Gasteiger partial charge in [-0.25, -0.2) is 26.7 Å². The summed E-state index contributed by atoms with van der Waals surface area (Å²) < 4.78 is 60.0. The first-order chi connectivity index (χ1) is 15.5. The van der Waals surface area contributed by atoms with Crippen molar-refractivity contribution in [1.82, 2.24) is 9.62 Å². The Kier molecular flexibility index (Phi) is 7.43. The fourth-order valence-corrected chi connectivity index (χ4v) is 4.98. The maximum atomic E-state index is 14.5. The molecule has 0 aromatic heterocycles. The second kappa shape index (κ2) is 9.92. The smallest absolute Gasteiger partial charge is 0.407 e. The molecule has 1 aliphatic rings. The summed E-state index contributed by atoms with van der Waals surface area (Å²) >= 11 is 5.94. The molecule has 2 amide bonds. The van der Waals surface area contributed by atoms with Crippen LogP contribution in [0.25, 0.3) is 0 Å². The number of nitrogens with one attached hydrogen (secondary N) is 1. The van der Waals surface area contributed by atoms with Gasteiger partial charge in [0.1, 0.15) is 10.7 Å². The van der Waals surface area contributed by atoms with Crippen LogP contribution in [0.5, 0.6) is 5.75 Å². The molecule has 1 saturated heterocycles. The minimum atomic E-state index is -4.58. The standard InChI is InChI=1S/C21H21ClF2N2O6S/c1-12(27)25-33(30,31)20-9-17(23)19(8-18(20)24)32-11-14-10-26(21(28)29)7-6-16(14)13-2-4-15(22)5-3-13/h2-5,8-9,14,16H,6-7,10-11H2,1H3,(H,25,27)(H,28,29)/t14-,16-/m1/s1. The highest BCUT2D eigenvalue weighted by Crippen LogP contribution is 2.35. The summed E-state index contributed by atoms with van der Waals surface area (Å²) in [4.78, 5) is 22.7. The van der Waals surface area contributed by atoms with Gasteiger partial charge in [0.25, 0.3) is 10.0 Å². The number of carbonyl (C=O) groups excluding carboxylic acids is 1. The van der Waals surface area contributed by atoms with Gasteiger partial charge >= 0.3 is 6.09 Å². The van der Waals surface area contributed by atoms with E-state index >= 15 is 0 Å².